The Hall–Kier alpha value is -3.71. The van der Waals surface area contributed by atoms with Gasteiger partial charge in [0.25, 0.3) is 5.91 Å². The lowest BCUT2D eigenvalue weighted by Gasteiger charge is -2.20. The van der Waals surface area contributed by atoms with Crippen LogP contribution in [0.3, 0.4) is 0 Å². The molecule has 0 radical (unpaired) electrons. The van der Waals surface area contributed by atoms with Gasteiger partial charge < -0.3 is 24.4 Å². The van der Waals surface area contributed by atoms with E-state index in [1.807, 2.05) is 13.8 Å². The number of nitrogens with one attached hydrogen (secondary N) is 3. The van der Waals surface area contributed by atoms with Crippen molar-refractivity contribution in [3.05, 3.63) is 59.3 Å². The fraction of sp³-hybridized carbons (Fsp3) is 0.346. The minimum atomic E-state index is -4.81. The second-order valence-electron chi connectivity index (χ2n) is 9.29. The van der Waals surface area contributed by atoms with E-state index < -0.39 is 31.1 Å². The Balaban J connectivity index is 1.66. The van der Waals surface area contributed by atoms with E-state index in [0.717, 1.165) is 0 Å². The van der Waals surface area contributed by atoms with E-state index in [2.05, 4.69) is 26.1 Å². The number of hydrogen-bond donors (Lipinski definition) is 3. The summed E-state index contributed by atoms with van der Waals surface area (Å²) in [6, 6.07) is 9.01. The van der Waals surface area contributed by atoms with Gasteiger partial charge in [-0.15, -0.1) is 0 Å². The Kier molecular flexibility index (Phi) is 9.17. The van der Waals surface area contributed by atoms with Gasteiger partial charge in [-0.3, -0.25) is 14.2 Å². The standard InChI is InChI=1S/C26H29F3N5O6P/c1-15(2)14-40-34-24(35)17-9-10-20(22-16(17)11-12-39-22)32-25-30-13-18(26(27,28)29)23(33-25)31-19-7-5-6-8-21(19)41(36,37-3)38-4/h5-10,13,15H,11-12,14H2,1-4H3,(H,34,35)(H2,30,31,32,33). The molecule has 2 heterocycles. The van der Waals surface area contributed by atoms with Crippen molar-refractivity contribution in [1.82, 2.24) is 15.4 Å². The highest BCUT2D eigenvalue weighted by Gasteiger charge is 2.36. The van der Waals surface area contributed by atoms with E-state index in [1.54, 1.807) is 24.3 Å². The molecule has 0 fully saturated rings. The number of amides is 1. The number of anilines is 4. The van der Waals surface area contributed by atoms with Crippen LogP contribution in [0, 0.1) is 5.92 Å². The maximum Gasteiger partial charge on any atom is 0.421 e. The van der Waals surface area contributed by atoms with Crippen molar-refractivity contribution >= 4 is 41.9 Å². The molecule has 220 valence electrons. The van der Waals surface area contributed by atoms with Crippen LogP contribution < -0.4 is 26.2 Å². The molecule has 1 aromatic heterocycles. The van der Waals surface area contributed by atoms with E-state index in [0.29, 0.717) is 48.4 Å². The number of hydrogen-bond acceptors (Lipinski definition) is 10. The average molecular weight is 596 g/mol. The van der Waals surface area contributed by atoms with Gasteiger partial charge in [-0.25, -0.2) is 10.5 Å². The van der Waals surface area contributed by atoms with Crippen molar-refractivity contribution in [3.63, 3.8) is 0 Å². The molecule has 0 bridgehead atoms. The lowest BCUT2D eigenvalue weighted by atomic mass is 10.0. The predicted octanol–water partition coefficient (Wildman–Crippen LogP) is 5.35. The number of halogens is 3. The molecule has 1 amide bonds. The van der Waals surface area contributed by atoms with Crippen LogP contribution in [0.1, 0.15) is 35.3 Å². The van der Waals surface area contributed by atoms with E-state index in [9.17, 15) is 22.5 Å². The third-order valence-corrected chi connectivity index (χ3v) is 7.90. The number of nitrogens with zero attached hydrogens (tertiary/aromatic N) is 2. The van der Waals surface area contributed by atoms with Crippen molar-refractivity contribution in [2.24, 2.45) is 5.92 Å². The Labute approximate surface area is 234 Å². The molecule has 15 heteroatoms. The fourth-order valence-electron chi connectivity index (χ4n) is 4.02. The molecule has 1 aliphatic rings. The lowest BCUT2D eigenvalue weighted by Crippen LogP contribution is -2.26. The number of fused-ring (bicyclic) bond motifs is 1. The molecule has 0 unspecified atom stereocenters. The van der Waals surface area contributed by atoms with Gasteiger partial charge in [0.05, 0.1) is 29.9 Å². The molecule has 41 heavy (non-hydrogen) atoms. The molecule has 0 aliphatic carbocycles. The van der Waals surface area contributed by atoms with Gasteiger partial charge in [0.15, 0.2) is 0 Å². The number of para-hydroxylation sites is 1. The molecule has 0 saturated heterocycles. The molecule has 0 spiro atoms. The third kappa shape index (κ3) is 6.79. The van der Waals surface area contributed by atoms with Crippen LogP contribution in [-0.2, 0) is 31.0 Å². The van der Waals surface area contributed by atoms with E-state index in [1.165, 1.54) is 26.4 Å². The Morgan fingerprint density at radius 3 is 2.51 bits per heavy atom. The highest BCUT2D eigenvalue weighted by atomic mass is 31.2. The van der Waals surface area contributed by atoms with Crippen molar-refractivity contribution < 1.29 is 41.2 Å². The summed E-state index contributed by atoms with van der Waals surface area (Å²) in [4.78, 5) is 25.8. The zero-order valence-corrected chi connectivity index (χ0v) is 23.6. The first-order valence-electron chi connectivity index (χ1n) is 12.5. The molecular weight excluding hydrogens is 566 g/mol. The summed E-state index contributed by atoms with van der Waals surface area (Å²) in [5.41, 5.74) is 2.60. The van der Waals surface area contributed by atoms with Crippen LogP contribution in [0.25, 0.3) is 0 Å². The van der Waals surface area contributed by atoms with Crippen LogP contribution in [0.4, 0.5) is 36.3 Å². The van der Waals surface area contributed by atoms with Crippen LogP contribution in [0.5, 0.6) is 5.75 Å². The smallest absolute Gasteiger partial charge is 0.421 e. The van der Waals surface area contributed by atoms with Gasteiger partial charge >= 0.3 is 13.8 Å². The maximum absolute atomic E-state index is 13.9. The number of rotatable bonds is 11. The summed E-state index contributed by atoms with van der Waals surface area (Å²) in [6.45, 7) is 4.53. The first kappa shape index (κ1) is 30.3. The highest BCUT2D eigenvalue weighted by molar-refractivity contribution is 7.62. The normalized spacial score (nSPS) is 13.1. The summed E-state index contributed by atoms with van der Waals surface area (Å²) in [7, 11) is -1.49. The molecule has 0 atom stereocenters. The number of ether oxygens (including phenoxy) is 1. The average Bonchev–Trinajstić information content (AvgIpc) is 3.43. The van der Waals surface area contributed by atoms with Crippen LogP contribution in [0.15, 0.2) is 42.6 Å². The highest BCUT2D eigenvalue weighted by Crippen LogP contribution is 2.48. The first-order chi connectivity index (χ1) is 19.5. The number of benzene rings is 2. The van der Waals surface area contributed by atoms with Gasteiger partial charge in [0, 0.05) is 38.0 Å². The van der Waals surface area contributed by atoms with Gasteiger partial charge in [-0.2, -0.15) is 18.2 Å². The minimum Gasteiger partial charge on any atom is -0.491 e. The molecule has 3 N–H and O–H groups in total. The minimum absolute atomic E-state index is 0.0173. The van der Waals surface area contributed by atoms with Crippen LogP contribution >= 0.6 is 7.60 Å². The van der Waals surface area contributed by atoms with Crippen molar-refractivity contribution in [3.8, 4) is 5.75 Å². The monoisotopic (exact) mass is 595 g/mol. The van der Waals surface area contributed by atoms with Gasteiger partial charge in [0.2, 0.25) is 5.95 Å². The number of aromatic nitrogens is 2. The summed E-state index contributed by atoms with van der Waals surface area (Å²) in [6.07, 6.45) is -3.74. The topological polar surface area (TPSA) is 133 Å². The Bertz CT molecular complexity index is 1460. The van der Waals surface area contributed by atoms with Gasteiger partial charge in [0.1, 0.15) is 17.1 Å². The summed E-state index contributed by atoms with van der Waals surface area (Å²) < 4.78 is 70.5. The number of hydroxylamine groups is 1. The van der Waals surface area contributed by atoms with Crippen molar-refractivity contribution in [2.75, 3.05) is 38.1 Å². The van der Waals surface area contributed by atoms with Gasteiger partial charge in [-0.1, -0.05) is 26.0 Å². The Morgan fingerprint density at radius 1 is 1.10 bits per heavy atom. The van der Waals surface area contributed by atoms with Crippen molar-refractivity contribution in [1.29, 1.82) is 0 Å². The van der Waals surface area contributed by atoms with Gasteiger partial charge in [-0.05, 0) is 30.2 Å². The molecule has 3 aromatic rings. The first-order valence-corrected chi connectivity index (χ1v) is 14.0. The summed E-state index contributed by atoms with van der Waals surface area (Å²) in [5, 5.41) is 5.51. The van der Waals surface area contributed by atoms with E-state index in [-0.39, 0.29) is 22.9 Å². The molecule has 4 rings (SSSR count). The second-order valence-corrected chi connectivity index (χ2v) is 11.5. The predicted molar refractivity (Wildman–Crippen MR) is 145 cm³/mol. The van der Waals surface area contributed by atoms with Crippen molar-refractivity contribution in [2.45, 2.75) is 26.4 Å². The molecule has 1 aliphatic heterocycles. The van der Waals surface area contributed by atoms with E-state index in [4.69, 9.17) is 18.6 Å². The zero-order valence-electron chi connectivity index (χ0n) is 22.7. The fourth-order valence-corrected chi connectivity index (χ4v) is 5.25. The second kappa shape index (κ2) is 12.4. The number of alkyl halides is 3. The number of carbonyl (C=O) groups is 1. The van der Waals surface area contributed by atoms with Crippen LogP contribution in [0.2, 0.25) is 0 Å². The summed E-state index contributed by atoms with van der Waals surface area (Å²) >= 11 is 0. The third-order valence-electron chi connectivity index (χ3n) is 5.96. The quantitative estimate of drug-likeness (QED) is 0.197. The molecular formula is C26H29F3N5O6P. The van der Waals surface area contributed by atoms with E-state index >= 15 is 0 Å². The Morgan fingerprint density at radius 2 is 1.83 bits per heavy atom. The summed E-state index contributed by atoms with van der Waals surface area (Å²) in [5.74, 6) is -0.658. The maximum atomic E-state index is 13.9. The lowest BCUT2D eigenvalue weighted by molar-refractivity contribution is -0.137. The molecule has 0 saturated carbocycles. The number of carbonyl (C=O) groups excluding carboxylic acids is 1. The molecule has 11 nitrogen and oxygen atoms in total. The molecule has 2 aromatic carbocycles. The zero-order chi connectivity index (χ0) is 29.8. The van der Waals surface area contributed by atoms with Crippen LogP contribution in [-0.4, -0.2) is 43.3 Å². The largest absolute Gasteiger partial charge is 0.491 e. The SMILES string of the molecule is COP(=O)(OC)c1ccccc1Nc1nc(Nc2ccc(C(=O)NOCC(C)C)c3c2OCC3)ncc1C(F)(F)F.